The number of urea groups is 1. The van der Waals surface area contributed by atoms with Gasteiger partial charge in [-0.2, -0.15) is 0 Å². The fourth-order valence-corrected chi connectivity index (χ4v) is 8.88. The van der Waals surface area contributed by atoms with Crippen LogP contribution in [0, 0.1) is 18.7 Å². The molecule has 1 aromatic carbocycles. The Morgan fingerprint density at radius 3 is 2.26 bits per heavy atom. The first kappa shape index (κ1) is 57.0. The largest absolute Gasteiger partial charge is 0.469 e. The number of cyclic esters (lactones) is 1. The zero-order valence-electron chi connectivity index (χ0n) is 42.8. The first-order chi connectivity index (χ1) is 36.0. The molecule has 25 nitrogen and oxygen atoms in total. The van der Waals surface area contributed by atoms with Gasteiger partial charge < -0.3 is 61.1 Å². The second kappa shape index (κ2) is 24.4. The van der Waals surface area contributed by atoms with Gasteiger partial charge in [-0.3, -0.25) is 43.3 Å². The third kappa shape index (κ3) is 12.8. The van der Waals surface area contributed by atoms with Crippen LogP contribution in [-0.4, -0.2) is 142 Å². The highest BCUT2D eigenvalue weighted by Gasteiger charge is 2.45. The maximum atomic E-state index is 15.7. The molecular formula is C50H61FN10O15. The van der Waals surface area contributed by atoms with E-state index in [-0.39, 0.29) is 101 Å². The zero-order valence-corrected chi connectivity index (χ0v) is 42.8. The van der Waals surface area contributed by atoms with E-state index in [0.29, 0.717) is 27.9 Å². The Kier molecular flexibility index (Phi) is 18.3. The van der Waals surface area contributed by atoms with Gasteiger partial charge in [0.05, 0.1) is 36.1 Å². The van der Waals surface area contributed by atoms with Crippen LogP contribution in [0.2, 0.25) is 0 Å². The van der Waals surface area contributed by atoms with E-state index >= 15 is 4.39 Å². The van der Waals surface area contributed by atoms with Crippen molar-refractivity contribution in [2.24, 2.45) is 11.7 Å². The average Bonchev–Trinajstić information content (AvgIpc) is 3.91. The number of likely N-dealkylation sites (N-methyl/N-ethyl adjacent to an activating group) is 1. The molecule has 8 N–H and O–H groups in total. The van der Waals surface area contributed by atoms with Crippen molar-refractivity contribution in [3.63, 3.8) is 0 Å². The van der Waals surface area contributed by atoms with E-state index < -0.39 is 106 Å². The molecule has 4 atom stereocenters. The smallest absolute Gasteiger partial charge is 0.415 e. The van der Waals surface area contributed by atoms with Gasteiger partial charge in [0.15, 0.2) is 17.2 Å². The number of aryl methyl sites for hydroxylation is 1. The number of primary amides is 1. The minimum Gasteiger partial charge on any atom is -0.469 e. The van der Waals surface area contributed by atoms with Crippen molar-refractivity contribution < 1.29 is 71.7 Å². The van der Waals surface area contributed by atoms with Gasteiger partial charge in [0, 0.05) is 80.8 Å². The van der Waals surface area contributed by atoms with E-state index in [1.165, 1.54) is 23.7 Å². The maximum absolute atomic E-state index is 15.7. The van der Waals surface area contributed by atoms with Crippen LogP contribution < -0.4 is 42.6 Å². The second-order valence-electron chi connectivity index (χ2n) is 18.8. The number of halogens is 1. The third-order valence-electron chi connectivity index (χ3n) is 13.3. The molecule has 3 aliphatic rings. The summed E-state index contributed by atoms with van der Waals surface area (Å²) in [7, 11) is 2.48. The number of aromatic nitrogens is 2. The monoisotopic (exact) mass is 1060 g/mol. The molecule has 6 rings (SSSR count). The highest BCUT2D eigenvalue weighted by atomic mass is 19.1. The number of rotatable bonds is 23. The van der Waals surface area contributed by atoms with E-state index in [1.807, 2.05) is 0 Å². The van der Waals surface area contributed by atoms with Gasteiger partial charge in [-0.15, -0.1) is 0 Å². The lowest BCUT2D eigenvalue weighted by Gasteiger charge is -2.31. The molecule has 0 saturated heterocycles. The van der Waals surface area contributed by atoms with Crippen molar-refractivity contribution in [2.45, 2.75) is 110 Å². The number of amides is 9. The first-order valence-corrected chi connectivity index (χ1v) is 24.5. The van der Waals surface area contributed by atoms with Gasteiger partial charge >= 0.3 is 24.1 Å². The average molecular weight is 1060 g/mol. The number of benzene rings is 1. The molecule has 0 fully saturated rings. The van der Waals surface area contributed by atoms with Crippen molar-refractivity contribution in [3.8, 4) is 17.1 Å². The number of ether oxygens (including phenoxy) is 3. The number of carbonyl (C=O) groups excluding carboxylic acids is 10. The minimum atomic E-state index is -2.04. The molecule has 0 bridgehead atoms. The Bertz CT molecular complexity index is 2940. The number of nitrogens with one attached hydrogen (secondary N) is 5. The standard InChI is InChI=1S/C50H61FN10O15/c1-7-50(73)30-21-35-42-28(23-61(35)46(69)29(30)24-75-47(50)70)26(4)27-20-36(31(51)22-34(27)56-42)76-49(72)59(5)19-17-53-43(66)32(10-8-16-54-48(52)71)57-45(68)41(25(2)3)58-44(67)33(12-15-40(65)74-6)55-37(62)11-9-18-60-38(63)13-14-39(60)64/h13-14,20-22,25,32-33,41,73H,7-12,15-19,23-24H2,1-6H3,(H,53,66)(H,55,62)(H,57,68)(H,58,67)(H3,52,54,71)/t32-,33-,41-,50-/m0/s1. The van der Waals surface area contributed by atoms with Crippen LogP contribution >= 0.6 is 0 Å². The molecule has 9 amide bonds. The number of imide groups is 1. The fraction of sp³-hybridized carbons (Fsp3) is 0.480. The number of carbonyl (C=O) groups is 10. The van der Waals surface area contributed by atoms with Gasteiger partial charge in [0.1, 0.15) is 24.7 Å². The molecule has 5 heterocycles. The lowest BCUT2D eigenvalue weighted by Crippen LogP contribution is -2.58. The molecule has 408 valence electrons. The number of methoxy groups -OCH3 is 1. The number of hydrogen-bond donors (Lipinski definition) is 7. The molecule has 26 heteroatoms. The molecule has 0 saturated carbocycles. The summed E-state index contributed by atoms with van der Waals surface area (Å²) in [5, 5.41) is 24.4. The number of nitrogens with two attached hydrogens (primary N) is 1. The lowest BCUT2D eigenvalue weighted by atomic mass is 9.86. The Balaban J connectivity index is 1.08. The summed E-state index contributed by atoms with van der Waals surface area (Å²) in [4.78, 5) is 148. The minimum absolute atomic E-state index is 0.0268. The van der Waals surface area contributed by atoms with Crippen LogP contribution in [-0.2, 0) is 66.6 Å². The highest BCUT2D eigenvalue weighted by Crippen LogP contribution is 2.41. The van der Waals surface area contributed by atoms with Crippen LogP contribution in [0.5, 0.6) is 5.75 Å². The maximum Gasteiger partial charge on any atom is 0.415 e. The molecule has 0 aliphatic carbocycles. The summed E-state index contributed by atoms with van der Waals surface area (Å²) in [6.07, 6.45) is 0.621. The highest BCUT2D eigenvalue weighted by molar-refractivity contribution is 6.12. The van der Waals surface area contributed by atoms with E-state index in [4.69, 9.17) is 15.2 Å². The summed E-state index contributed by atoms with van der Waals surface area (Å²) >= 11 is 0. The molecule has 0 spiro atoms. The van der Waals surface area contributed by atoms with Gasteiger partial charge in [0.2, 0.25) is 23.6 Å². The van der Waals surface area contributed by atoms with Crippen LogP contribution in [0.15, 0.2) is 35.1 Å². The fourth-order valence-electron chi connectivity index (χ4n) is 8.88. The van der Waals surface area contributed by atoms with Crippen molar-refractivity contribution in [1.82, 2.24) is 45.9 Å². The number of esters is 2. The molecule has 3 aliphatic heterocycles. The van der Waals surface area contributed by atoms with E-state index in [9.17, 15) is 57.8 Å². The predicted octanol–water partition coefficient (Wildman–Crippen LogP) is 0.291. The van der Waals surface area contributed by atoms with Crippen LogP contribution in [0.25, 0.3) is 22.3 Å². The number of pyridine rings is 2. The summed E-state index contributed by atoms with van der Waals surface area (Å²) in [6, 6.07) is -0.809. The Morgan fingerprint density at radius 1 is 0.908 bits per heavy atom. The van der Waals surface area contributed by atoms with Gasteiger partial charge in [0.25, 0.3) is 17.4 Å². The summed E-state index contributed by atoms with van der Waals surface area (Å²) in [5.74, 6) is -7.59. The number of fused-ring (bicyclic) bond motifs is 5. The molecule has 3 aromatic rings. The van der Waals surface area contributed by atoms with E-state index in [0.717, 1.165) is 35.1 Å². The van der Waals surface area contributed by atoms with Crippen LogP contribution in [0.1, 0.15) is 88.0 Å². The molecular weight excluding hydrogens is 1000 g/mol. The first-order valence-electron chi connectivity index (χ1n) is 24.5. The van der Waals surface area contributed by atoms with Crippen LogP contribution in [0.4, 0.5) is 14.0 Å². The quantitative estimate of drug-likeness (QED) is 0.0298. The predicted molar refractivity (Wildman–Crippen MR) is 265 cm³/mol. The molecule has 2 aromatic heterocycles. The molecule has 0 unspecified atom stereocenters. The Hall–Kier alpha value is -8.29. The van der Waals surface area contributed by atoms with E-state index in [1.54, 1.807) is 27.7 Å². The van der Waals surface area contributed by atoms with Crippen molar-refractivity contribution >= 4 is 70.4 Å². The number of nitrogens with zero attached hydrogens (tertiary/aromatic N) is 4. The van der Waals surface area contributed by atoms with Gasteiger partial charge in [-0.1, -0.05) is 20.8 Å². The Labute approximate surface area is 434 Å². The van der Waals surface area contributed by atoms with Crippen molar-refractivity contribution in [3.05, 3.63) is 68.8 Å². The number of hydrogen-bond acceptors (Lipinski definition) is 16. The van der Waals surface area contributed by atoms with Crippen molar-refractivity contribution in [1.29, 1.82) is 0 Å². The zero-order chi connectivity index (χ0) is 55.8. The lowest BCUT2D eigenvalue weighted by molar-refractivity contribution is -0.172. The second-order valence-corrected chi connectivity index (χ2v) is 18.8. The van der Waals surface area contributed by atoms with Gasteiger partial charge in [-0.05, 0) is 62.6 Å². The Morgan fingerprint density at radius 2 is 1.61 bits per heavy atom. The third-order valence-corrected chi connectivity index (χ3v) is 13.3. The summed E-state index contributed by atoms with van der Waals surface area (Å²) in [6.45, 7) is 5.91. The van der Waals surface area contributed by atoms with Crippen molar-refractivity contribution in [2.75, 3.05) is 40.3 Å². The SMILES string of the molecule is CC[C@@]1(O)C(=O)OCc2c1cc1n(c2=O)Cc2c-1nc1cc(F)c(OC(=O)N(C)CCNC(=O)[C@H](CCCNC(N)=O)NC(=O)[C@@H](NC(=O)[C@H](CCC(=O)OC)NC(=O)CCCN3C(=O)C=CC3=O)C(C)C)cc1c2C. The van der Waals surface area contributed by atoms with Gasteiger partial charge in [-0.25, -0.2) is 23.8 Å². The topological polar surface area (TPSA) is 346 Å². The summed E-state index contributed by atoms with van der Waals surface area (Å²) < 4.78 is 32.4. The molecule has 76 heavy (non-hydrogen) atoms. The van der Waals surface area contributed by atoms with Crippen LogP contribution in [0.3, 0.4) is 0 Å². The number of aliphatic hydroxyl groups is 1. The normalized spacial score (nSPS) is 16.4. The summed E-state index contributed by atoms with van der Waals surface area (Å²) in [5.41, 5.74) is 5.01. The van der Waals surface area contributed by atoms with E-state index in [2.05, 4.69) is 36.3 Å². The molecule has 0 radical (unpaired) electrons.